The van der Waals surface area contributed by atoms with E-state index < -0.39 is 16.6 Å². The lowest BCUT2D eigenvalue weighted by Crippen LogP contribution is -2.51. The number of hydrogen-bond acceptors (Lipinski definition) is 6. The summed E-state index contributed by atoms with van der Waals surface area (Å²) in [5, 5.41) is 8.95. The van der Waals surface area contributed by atoms with Gasteiger partial charge in [-0.25, -0.2) is 9.37 Å². The number of aromatic nitrogens is 1. The van der Waals surface area contributed by atoms with Crippen molar-refractivity contribution in [1.29, 1.82) is 0 Å². The van der Waals surface area contributed by atoms with Crippen LogP contribution in [0.4, 0.5) is 15.9 Å². The lowest BCUT2D eigenvalue weighted by atomic mass is 9.78. The van der Waals surface area contributed by atoms with E-state index in [1.165, 1.54) is 24.0 Å². The Morgan fingerprint density at radius 3 is 2.54 bits per heavy atom. The fraction of sp³-hybridized carbons (Fsp3) is 0.400. The van der Waals surface area contributed by atoms with E-state index in [0.717, 1.165) is 22.3 Å². The Morgan fingerprint density at radius 2 is 1.80 bits per heavy atom. The van der Waals surface area contributed by atoms with E-state index in [-0.39, 0.29) is 36.7 Å². The SMILES string of the molecule is CNCc1ccc(F)cc1CN(CC(=O)Nc1ccc2c(c1)C[C@@]1(C2)C(=O)Nc2ncccc21)C(=O)C1(C)CCN(C(C)=O)CC1. The molecule has 1 saturated heterocycles. The second kappa shape index (κ2) is 12.3. The Bertz CT molecular complexity index is 1720. The van der Waals surface area contributed by atoms with Gasteiger partial charge in [-0.05, 0) is 85.3 Å². The molecule has 3 aromatic rings. The summed E-state index contributed by atoms with van der Waals surface area (Å²) in [4.78, 5) is 60.3. The number of carbonyl (C=O) groups excluding carboxylic acids is 4. The molecular weight excluding hydrogens is 587 g/mol. The smallest absolute Gasteiger partial charge is 0.244 e. The van der Waals surface area contributed by atoms with Crippen LogP contribution >= 0.6 is 0 Å². The molecule has 2 aliphatic heterocycles. The van der Waals surface area contributed by atoms with Crippen molar-refractivity contribution in [1.82, 2.24) is 20.1 Å². The largest absolute Gasteiger partial charge is 0.343 e. The molecule has 1 spiro atoms. The van der Waals surface area contributed by atoms with Gasteiger partial charge in [0.1, 0.15) is 18.2 Å². The third kappa shape index (κ3) is 5.87. The predicted octanol–water partition coefficient (Wildman–Crippen LogP) is 3.54. The summed E-state index contributed by atoms with van der Waals surface area (Å²) in [6.07, 6.45) is 3.63. The zero-order chi connectivity index (χ0) is 32.6. The molecule has 2 aromatic carbocycles. The third-order valence-corrected chi connectivity index (χ3v) is 9.81. The normalized spacial score (nSPS) is 19.4. The van der Waals surface area contributed by atoms with Gasteiger partial charge in [0.25, 0.3) is 0 Å². The molecule has 1 aliphatic carbocycles. The number of piperidine rings is 1. The van der Waals surface area contributed by atoms with Gasteiger partial charge in [-0.3, -0.25) is 19.2 Å². The number of rotatable bonds is 8. The van der Waals surface area contributed by atoms with Crippen molar-refractivity contribution in [2.45, 2.75) is 58.0 Å². The van der Waals surface area contributed by atoms with Crippen LogP contribution in [0.25, 0.3) is 0 Å². The Kier molecular flexibility index (Phi) is 8.37. The Balaban J connectivity index is 1.21. The molecule has 3 N–H and O–H groups in total. The average molecular weight is 627 g/mol. The van der Waals surface area contributed by atoms with E-state index in [1.807, 2.05) is 37.3 Å². The van der Waals surface area contributed by atoms with Gasteiger partial charge in [-0.15, -0.1) is 0 Å². The number of amides is 4. The van der Waals surface area contributed by atoms with Crippen LogP contribution in [0.5, 0.6) is 0 Å². The van der Waals surface area contributed by atoms with Crippen LogP contribution in [0, 0.1) is 11.2 Å². The molecule has 0 unspecified atom stereocenters. The van der Waals surface area contributed by atoms with Gasteiger partial charge < -0.3 is 25.8 Å². The first kappa shape index (κ1) is 31.3. The number of carbonyl (C=O) groups is 4. The maximum absolute atomic E-state index is 14.4. The average Bonchev–Trinajstić information content (AvgIpc) is 3.54. The van der Waals surface area contributed by atoms with Gasteiger partial charge in [0.15, 0.2) is 0 Å². The maximum Gasteiger partial charge on any atom is 0.244 e. The van der Waals surface area contributed by atoms with E-state index in [0.29, 0.717) is 62.4 Å². The lowest BCUT2D eigenvalue weighted by molar-refractivity contribution is -0.148. The number of pyridine rings is 1. The number of nitrogens with zero attached hydrogens (tertiary/aromatic N) is 3. The van der Waals surface area contributed by atoms with E-state index in [4.69, 9.17) is 0 Å². The number of benzene rings is 2. The number of anilines is 2. The summed E-state index contributed by atoms with van der Waals surface area (Å²) >= 11 is 0. The van der Waals surface area contributed by atoms with E-state index in [1.54, 1.807) is 24.2 Å². The highest BCUT2D eigenvalue weighted by Gasteiger charge is 2.51. The van der Waals surface area contributed by atoms with Gasteiger partial charge in [-0.2, -0.15) is 0 Å². The van der Waals surface area contributed by atoms with Crippen LogP contribution in [0.15, 0.2) is 54.7 Å². The highest BCUT2D eigenvalue weighted by molar-refractivity contribution is 6.06. The molecule has 1 fully saturated rings. The molecule has 0 radical (unpaired) electrons. The molecule has 3 heterocycles. The Hall–Kier alpha value is -4.64. The minimum atomic E-state index is -0.780. The highest BCUT2D eigenvalue weighted by atomic mass is 19.1. The monoisotopic (exact) mass is 626 g/mol. The fourth-order valence-corrected chi connectivity index (χ4v) is 7.14. The lowest BCUT2D eigenvalue weighted by Gasteiger charge is -2.40. The second-order valence-corrected chi connectivity index (χ2v) is 13.0. The highest BCUT2D eigenvalue weighted by Crippen LogP contribution is 2.47. The van der Waals surface area contributed by atoms with Gasteiger partial charge in [-0.1, -0.05) is 25.1 Å². The molecule has 1 aromatic heterocycles. The zero-order valence-corrected chi connectivity index (χ0v) is 26.4. The molecule has 0 saturated carbocycles. The molecule has 240 valence electrons. The summed E-state index contributed by atoms with van der Waals surface area (Å²) < 4.78 is 14.4. The number of hydrogen-bond donors (Lipinski definition) is 3. The van der Waals surface area contributed by atoms with Gasteiger partial charge in [0.05, 0.1) is 5.41 Å². The van der Waals surface area contributed by atoms with Crippen molar-refractivity contribution in [3.63, 3.8) is 0 Å². The van der Waals surface area contributed by atoms with Crippen LogP contribution in [0.2, 0.25) is 0 Å². The topological polar surface area (TPSA) is 124 Å². The Labute approximate surface area is 267 Å². The van der Waals surface area contributed by atoms with Gasteiger partial charge in [0.2, 0.25) is 23.6 Å². The molecule has 46 heavy (non-hydrogen) atoms. The molecule has 4 amide bonds. The van der Waals surface area contributed by atoms with E-state index in [2.05, 4.69) is 20.9 Å². The molecule has 0 bridgehead atoms. The minimum Gasteiger partial charge on any atom is -0.343 e. The van der Waals surface area contributed by atoms with Crippen molar-refractivity contribution in [3.05, 3.63) is 88.4 Å². The molecule has 1 atom stereocenters. The third-order valence-electron chi connectivity index (χ3n) is 9.81. The molecule has 6 rings (SSSR count). The second-order valence-electron chi connectivity index (χ2n) is 13.0. The summed E-state index contributed by atoms with van der Waals surface area (Å²) in [6, 6.07) is 13.9. The van der Waals surface area contributed by atoms with Gasteiger partial charge >= 0.3 is 0 Å². The zero-order valence-electron chi connectivity index (χ0n) is 26.4. The number of nitrogens with one attached hydrogen (secondary N) is 3. The fourth-order valence-electron chi connectivity index (χ4n) is 7.14. The Morgan fingerprint density at radius 1 is 1.04 bits per heavy atom. The minimum absolute atomic E-state index is 0.0306. The van der Waals surface area contributed by atoms with Crippen molar-refractivity contribution in [2.75, 3.05) is 37.3 Å². The quantitative estimate of drug-likeness (QED) is 0.352. The van der Waals surface area contributed by atoms with Crippen molar-refractivity contribution in [3.8, 4) is 0 Å². The molecular formula is C35H39FN6O4. The van der Waals surface area contributed by atoms with E-state index >= 15 is 0 Å². The number of fused-ring (bicyclic) bond motifs is 3. The van der Waals surface area contributed by atoms with Crippen LogP contribution in [0.3, 0.4) is 0 Å². The van der Waals surface area contributed by atoms with Crippen LogP contribution < -0.4 is 16.0 Å². The van der Waals surface area contributed by atoms with Crippen LogP contribution in [0.1, 0.15) is 54.5 Å². The van der Waals surface area contributed by atoms with E-state index in [9.17, 15) is 23.6 Å². The molecule has 10 nitrogen and oxygen atoms in total. The summed E-state index contributed by atoms with van der Waals surface area (Å²) in [6.45, 7) is 4.61. The predicted molar refractivity (Wildman–Crippen MR) is 171 cm³/mol. The summed E-state index contributed by atoms with van der Waals surface area (Å²) in [7, 11) is 1.79. The van der Waals surface area contributed by atoms with Crippen molar-refractivity contribution in [2.24, 2.45) is 5.41 Å². The standard InChI is InChI=1S/C35H39FN6O4/c1-22(43)41-13-10-34(2,11-14-41)33(46)42(20-26-15-27(36)8-6-24(26)19-37-3)21-30(44)39-28-9-7-23-17-35(18-25(23)16-28)29-5-4-12-38-31(29)40-32(35)45/h4-9,12,15-16,37H,10-11,13-14,17-21H2,1-3H3,(H,39,44)(H,38,40,45)/t35-/m1/s1. The number of likely N-dealkylation sites (tertiary alicyclic amines) is 1. The summed E-state index contributed by atoms with van der Waals surface area (Å²) in [5.41, 5.74) is 3.41. The maximum atomic E-state index is 14.4. The van der Waals surface area contributed by atoms with Crippen molar-refractivity contribution < 1.29 is 23.6 Å². The van der Waals surface area contributed by atoms with Gasteiger partial charge in [0, 0.05) is 56.0 Å². The van der Waals surface area contributed by atoms with Crippen LogP contribution in [-0.4, -0.2) is 65.1 Å². The number of halogens is 1. The molecule has 11 heteroatoms. The van der Waals surface area contributed by atoms with Crippen LogP contribution in [-0.2, 0) is 50.5 Å². The first-order valence-corrected chi connectivity index (χ1v) is 15.7. The first-order valence-electron chi connectivity index (χ1n) is 15.7. The van der Waals surface area contributed by atoms with Crippen molar-refractivity contribution >= 4 is 35.1 Å². The first-order chi connectivity index (χ1) is 22.0. The molecule has 3 aliphatic rings. The summed E-state index contributed by atoms with van der Waals surface area (Å²) in [5.74, 6) is -0.522.